The molecule has 1 heterocycles. The van der Waals surface area contributed by atoms with Gasteiger partial charge in [0.15, 0.2) is 0 Å². The van der Waals surface area contributed by atoms with Gasteiger partial charge in [0.1, 0.15) is 5.82 Å². The van der Waals surface area contributed by atoms with Gasteiger partial charge in [-0.05, 0) is 30.7 Å². The highest BCUT2D eigenvalue weighted by Crippen LogP contribution is 2.21. The number of nitrogens with one attached hydrogen (secondary N) is 1. The maximum absolute atomic E-state index is 13.8. The van der Waals surface area contributed by atoms with E-state index in [0.29, 0.717) is 18.7 Å². The van der Waals surface area contributed by atoms with Crippen LogP contribution in [0.1, 0.15) is 22.8 Å². The van der Waals surface area contributed by atoms with Crippen molar-refractivity contribution in [2.45, 2.75) is 13.5 Å². The number of aromatic nitrogens is 1. The minimum Gasteiger partial charge on any atom is -0.382 e. The Balaban J connectivity index is 2.21. The number of carbonyl (C=O) groups excluding carboxylic acids is 1. The fourth-order valence-electron chi connectivity index (χ4n) is 2.10. The number of carbonyl (C=O) groups is 1. The average molecular weight is 287 g/mol. The predicted octanol–water partition coefficient (Wildman–Crippen LogP) is 2.92. The SMILES string of the molecule is CCNc1c(F)cccc1C(=O)N(C)Cc1cccnc1. The molecule has 0 aliphatic carbocycles. The lowest BCUT2D eigenvalue weighted by molar-refractivity contribution is 0.0785. The quantitative estimate of drug-likeness (QED) is 0.919. The average Bonchev–Trinajstić information content (AvgIpc) is 2.50. The van der Waals surface area contributed by atoms with Crippen molar-refractivity contribution in [1.82, 2.24) is 9.88 Å². The molecule has 0 spiro atoms. The molecular weight excluding hydrogens is 269 g/mol. The summed E-state index contributed by atoms with van der Waals surface area (Å²) in [7, 11) is 1.69. The first-order valence-electron chi connectivity index (χ1n) is 6.80. The Morgan fingerprint density at radius 3 is 2.81 bits per heavy atom. The molecular formula is C16H18FN3O. The van der Waals surface area contributed by atoms with Gasteiger partial charge in [-0.1, -0.05) is 12.1 Å². The molecule has 1 N–H and O–H groups in total. The highest BCUT2D eigenvalue weighted by molar-refractivity contribution is 5.99. The number of halogens is 1. The highest BCUT2D eigenvalue weighted by atomic mass is 19.1. The van der Waals surface area contributed by atoms with Crippen LogP contribution in [-0.2, 0) is 6.54 Å². The summed E-state index contributed by atoms with van der Waals surface area (Å²) in [4.78, 5) is 18.1. The van der Waals surface area contributed by atoms with E-state index >= 15 is 0 Å². The van der Waals surface area contributed by atoms with Crippen LogP contribution in [0.3, 0.4) is 0 Å². The lowest BCUT2D eigenvalue weighted by Gasteiger charge is -2.19. The number of rotatable bonds is 5. The fraction of sp³-hybridized carbons (Fsp3) is 0.250. The molecule has 2 rings (SSSR count). The second-order valence-corrected chi connectivity index (χ2v) is 4.72. The van der Waals surface area contributed by atoms with E-state index in [0.717, 1.165) is 5.56 Å². The Kier molecular flexibility index (Phi) is 4.87. The van der Waals surface area contributed by atoms with Gasteiger partial charge in [-0.3, -0.25) is 9.78 Å². The zero-order valence-electron chi connectivity index (χ0n) is 12.1. The second kappa shape index (κ2) is 6.83. The number of hydrogen-bond acceptors (Lipinski definition) is 3. The van der Waals surface area contributed by atoms with Crippen LogP contribution in [0.2, 0.25) is 0 Å². The Morgan fingerprint density at radius 1 is 1.33 bits per heavy atom. The molecule has 0 saturated carbocycles. The molecule has 0 atom stereocenters. The monoisotopic (exact) mass is 287 g/mol. The number of pyridine rings is 1. The summed E-state index contributed by atoms with van der Waals surface area (Å²) in [5.41, 5.74) is 1.51. The van der Waals surface area contributed by atoms with Crippen molar-refractivity contribution in [2.75, 3.05) is 18.9 Å². The van der Waals surface area contributed by atoms with Gasteiger partial charge >= 0.3 is 0 Å². The zero-order valence-corrected chi connectivity index (χ0v) is 12.1. The molecule has 0 unspecified atom stereocenters. The number of nitrogens with zero attached hydrogens (tertiary/aromatic N) is 2. The van der Waals surface area contributed by atoms with Crippen molar-refractivity contribution in [3.05, 3.63) is 59.7 Å². The normalized spacial score (nSPS) is 10.2. The first-order valence-corrected chi connectivity index (χ1v) is 6.80. The minimum absolute atomic E-state index is 0.227. The van der Waals surface area contributed by atoms with E-state index in [2.05, 4.69) is 10.3 Å². The van der Waals surface area contributed by atoms with Crippen molar-refractivity contribution in [3.63, 3.8) is 0 Å². The lowest BCUT2D eigenvalue weighted by Crippen LogP contribution is -2.27. The summed E-state index contributed by atoms with van der Waals surface area (Å²) in [5, 5.41) is 2.91. The van der Waals surface area contributed by atoms with Crippen molar-refractivity contribution < 1.29 is 9.18 Å². The number of hydrogen-bond donors (Lipinski definition) is 1. The molecule has 0 fully saturated rings. The summed E-state index contributed by atoms with van der Waals surface area (Å²) in [6.45, 7) is 2.84. The van der Waals surface area contributed by atoms with Crippen LogP contribution in [0.15, 0.2) is 42.7 Å². The molecule has 0 aliphatic rings. The summed E-state index contributed by atoms with van der Waals surface area (Å²) in [5.74, 6) is -0.646. The van der Waals surface area contributed by atoms with Crippen LogP contribution in [0.25, 0.3) is 0 Å². The third-order valence-corrected chi connectivity index (χ3v) is 3.09. The van der Waals surface area contributed by atoms with E-state index in [-0.39, 0.29) is 11.6 Å². The number of amides is 1. The van der Waals surface area contributed by atoms with E-state index < -0.39 is 5.82 Å². The molecule has 21 heavy (non-hydrogen) atoms. The third kappa shape index (κ3) is 3.56. The largest absolute Gasteiger partial charge is 0.382 e. The van der Waals surface area contributed by atoms with Crippen molar-refractivity contribution in [3.8, 4) is 0 Å². The summed E-state index contributed by atoms with van der Waals surface area (Å²) in [6, 6.07) is 8.23. The molecule has 2 aromatic rings. The van der Waals surface area contributed by atoms with Crippen LogP contribution in [0.5, 0.6) is 0 Å². The standard InChI is InChI=1S/C16H18FN3O/c1-3-19-15-13(7-4-8-14(15)17)16(21)20(2)11-12-6-5-9-18-10-12/h4-10,19H,3,11H2,1-2H3. The first-order chi connectivity index (χ1) is 10.1. The number of para-hydroxylation sites is 1. The second-order valence-electron chi connectivity index (χ2n) is 4.72. The molecule has 1 amide bonds. The number of benzene rings is 1. The van der Waals surface area contributed by atoms with Gasteiger partial charge in [0.2, 0.25) is 0 Å². The Bertz CT molecular complexity index is 616. The zero-order chi connectivity index (χ0) is 15.2. The minimum atomic E-state index is -0.419. The van der Waals surface area contributed by atoms with E-state index in [4.69, 9.17) is 0 Å². The van der Waals surface area contributed by atoms with E-state index in [1.54, 1.807) is 36.5 Å². The van der Waals surface area contributed by atoms with E-state index in [9.17, 15) is 9.18 Å². The van der Waals surface area contributed by atoms with E-state index in [1.165, 1.54) is 6.07 Å². The van der Waals surface area contributed by atoms with Gasteiger partial charge in [0.25, 0.3) is 5.91 Å². The lowest BCUT2D eigenvalue weighted by atomic mass is 10.1. The molecule has 0 bridgehead atoms. The molecule has 0 radical (unpaired) electrons. The summed E-state index contributed by atoms with van der Waals surface area (Å²) >= 11 is 0. The highest BCUT2D eigenvalue weighted by Gasteiger charge is 2.18. The molecule has 0 aliphatic heterocycles. The van der Waals surface area contributed by atoms with Gasteiger partial charge in [-0.2, -0.15) is 0 Å². The van der Waals surface area contributed by atoms with Crippen LogP contribution < -0.4 is 5.32 Å². The van der Waals surface area contributed by atoms with Crippen LogP contribution in [0.4, 0.5) is 10.1 Å². The van der Waals surface area contributed by atoms with Crippen molar-refractivity contribution in [1.29, 1.82) is 0 Å². The Hall–Kier alpha value is -2.43. The van der Waals surface area contributed by atoms with Gasteiger partial charge < -0.3 is 10.2 Å². The van der Waals surface area contributed by atoms with Crippen LogP contribution in [0, 0.1) is 5.82 Å². The fourth-order valence-corrected chi connectivity index (χ4v) is 2.10. The van der Waals surface area contributed by atoms with Crippen LogP contribution >= 0.6 is 0 Å². The molecule has 1 aromatic carbocycles. The van der Waals surface area contributed by atoms with E-state index in [1.807, 2.05) is 19.1 Å². The summed E-state index contributed by atoms with van der Waals surface area (Å²) in [6.07, 6.45) is 3.39. The molecule has 110 valence electrons. The Labute approximate surface area is 123 Å². The summed E-state index contributed by atoms with van der Waals surface area (Å²) < 4.78 is 13.8. The molecule has 4 nitrogen and oxygen atoms in total. The smallest absolute Gasteiger partial charge is 0.256 e. The molecule has 0 saturated heterocycles. The first kappa shape index (κ1) is 15.0. The van der Waals surface area contributed by atoms with Gasteiger partial charge in [-0.25, -0.2) is 4.39 Å². The van der Waals surface area contributed by atoms with Gasteiger partial charge in [0, 0.05) is 32.5 Å². The van der Waals surface area contributed by atoms with Crippen LogP contribution in [-0.4, -0.2) is 29.4 Å². The third-order valence-electron chi connectivity index (χ3n) is 3.09. The van der Waals surface area contributed by atoms with Crippen molar-refractivity contribution >= 4 is 11.6 Å². The van der Waals surface area contributed by atoms with Gasteiger partial charge in [0.05, 0.1) is 11.3 Å². The van der Waals surface area contributed by atoms with Gasteiger partial charge in [-0.15, -0.1) is 0 Å². The maximum Gasteiger partial charge on any atom is 0.256 e. The molecule has 1 aromatic heterocycles. The predicted molar refractivity (Wildman–Crippen MR) is 80.6 cm³/mol. The topological polar surface area (TPSA) is 45.2 Å². The molecule has 5 heteroatoms. The Morgan fingerprint density at radius 2 is 2.14 bits per heavy atom. The maximum atomic E-state index is 13.8. The number of anilines is 1. The van der Waals surface area contributed by atoms with Crippen molar-refractivity contribution in [2.24, 2.45) is 0 Å².